The molecule has 3 heteroatoms. The van der Waals surface area contributed by atoms with Crippen molar-refractivity contribution in [2.45, 2.75) is 5.88 Å². The largest absolute Gasteiger partial charge is 2.00 e. The van der Waals surface area contributed by atoms with E-state index in [1.54, 1.807) is 0 Å². The first-order chi connectivity index (χ1) is 3.93. The summed E-state index contributed by atoms with van der Waals surface area (Å²) in [6.07, 6.45) is 0. The molecule has 0 nitrogen and oxygen atoms in total. The van der Waals surface area contributed by atoms with Crippen molar-refractivity contribution in [3.8, 4) is 0 Å². The molecule has 1 aromatic rings. The number of alkyl halides is 1. The molecular formula is C7H6BrClMg. The number of hydrogen-bond acceptors (Lipinski definition) is 0. The molecule has 0 amide bonds. The molecule has 0 spiro atoms. The quantitative estimate of drug-likeness (QED) is 0.324. The van der Waals surface area contributed by atoms with Crippen LogP contribution in [-0.2, 0) is 5.88 Å². The van der Waals surface area contributed by atoms with Crippen molar-refractivity contribution in [1.82, 2.24) is 0 Å². The third kappa shape index (κ3) is 4.55. The Kier molecular flexibility index (Phi) is 10.5. The van der Waals surface area contributed by atoms with E-state index in [0.29, 0.717) is 5.88 Å². The van der Waals surface area contributed by atoms with E-state index >= 15 is 0 Å². The van der Waals surface area contributed by atoms with Crippen LogP contribution in [0.5, 0.6) is 0 Å². The van der Waals surface area contributed by atoms with Gasteiger partial charge in [-0.05, 0) is 0 Å². The molecule has 0 heterocycles. The molecule has 0 aliphatic carbocycles. The molecule has 0 radical (unpaired) electrons. The van der Waals surface area contributed by atoms with Gasteiger partial charge in [-0.3, -0.25) is 0 Å². The first-order valence-electron chi connectivity index (χ1n) is 2.45. The summed E-state index contributed by atoms with van der Waals surface area (Å²) < 4.78 is 0. The Morgan fingerprint density at radius 2 is 2.10 bits per heavy atom. The van der Waals surface area contributed by atoms with Crippen molar-refractivity contribution in [3.63, 3.8) is 0 Å². The molecule has 0 N–H and O–H groups in total. The van der Waals surface area contributed by atoms with Gasteiger partial charge in [0.2, 0.25) is 0 Å². The summed E-state index contributed by atoms with van der Waals surface area (Å²) in [6.45, 7) is 0. The Balaban J connectivity index is 0. The first-order valence-corrected chi connectivity index (χ1v) is 2.98. The van der Waals surface area contributed by atoms with Gasteiger partial charge in [-0.15, -0.1) is 17.2 Å². The fraction of sp³-hybridized carbons (Fsp3) is 0.143. The van der Waals surface area contributed by atoms with Crippen molar-refractivity contribution >= 4 is 34.7 Å². The smallest absolute Gasteiger partial charge is 1.00 e. The zero-order valence-electron chi connectivity index (χ0n) is 5.48. The van der Waals surface area contributed by atoms with Crippen LogP contribution < -0.4 is 17.0 Å². The number of halogens is 2. The molecule has 1 aromatic carbocycles. The van der Waals surface area contributed by atoms with Crippen LogP contribution in [0.4, 0.5) is 0 Å². The van der Waals surface area contributed by atoms with Gasteiger partial charge in [0.05, 0.1) is 0 Å². The van der Waals surface area contributed by atoms with E-state index in [2.05, 4.69) is 6.07 Å². The normalized spacial score (nSPS) is 7.30. The maximum Gasteiger partial charge on any atom is 2.00 e. The fourth-order valence-corrected chi connectivity index (χ4v) is 0.680. The van der Waals surface area contributed by atoms with E-state index in [9.17, 15) is 0 Å². The predicted octanol–water partition coefficient (Wildman–Crippen LogP) is -1.15. The van der Waals surface area contributed by atoms with Gasteiger partial charge < -0.3 is 17.0 Å². The van der Waals surface area contributed by atoms with Gasteiger partial charge in [-0.2, -0.15) is 30.3 Å². The Hall–Kier alpha value is 0.756. The average Bonchev–Trinajstić information content (AvgIpc) is 1.90. The standard InChI is InChI=1S/C7H6Cl.BrH.Mg/c8-6-7-4-2-1-3-5-7;;/h1-4H,6H2;1H;/q-1;;+2/p-1. The van der Waals surface area contributed by atoms with Crippen molar-refractivity contribution < 1.29 is 17.0 Å². The van der Waals surface area contributed by atoms with Crippen LogP contribution in [0.3, 0.4) is 0 Å². The predicted molar refractivity (Wildman–Crippen MR) is 40.6 cm³/mol. The van der Waals surface area contributed by atoms with Crippen LogP contribution in [0, 0.1) is 6.07 Å². The summed E-state index contributed by atoms with van der Waals surface area (Å²) in [4.78, 5) is 0. The fourth-order valence-electron chi connectivity index (χ4n) is 0.514. The summed E-state index contributed by atoms with van der Waals surface area (Å²) in [6, 6.07) is 10.7. The van der Waals surface area contributed by atoms with Crippen LogP contribution >= 0.6 is 11.6 Å². The molecule has 0 fully saturated rings. The minimum Gasteiger partial charge on any atom is -1.00 e. The second-order valence-electron chi connectivity index (χ2n) is 1.52. The molecule has 0 saturated heterocycles. The molecule has 0 aromatic heterocycles. The molecule has 50 valence electrons. The van der Waals surface area contributed by atoms with Crippen LogP contribution in [0.2, 0.25) is 0 Å². The van der Waals surface area contributed by atoms with E-state index in [1.807, 2.05) is 24.3 Å². The molecule has 0 aliphatic rings. The van der Waals surface area contributed by atoms with Crippen molar-refractivity contribution in [2.24, 2.45) is 0 Å². The molecular weight excluding hydrogens is 224 g/mol. The third-order valence-electron chi connectivity index (χ3n) is 0.917. The first kappa shape index (κ1) is 13.4. The van der Waals surface area contributed by atoms with Gasteiger partial charge in [0, 0.05) is 5.88 Å². The number of rotatable bonds is 1. The molecule has 0 saturated carbocycles. The molecule has 0 unspecified atom stereocenters. The zero-order valence-corrected chi connectivity index (χ0v) is 9.24. The molecule has 10 heavy (non-hydrogen) atoms. The SMILES string of the molecule is ClCc1[c-]cccc1.[Br-].[Mg+2]. The van der Waals surface area contributed by atoms with Crippen LogP contribution in [0.1, 0.15) is 5.56 Å². The molecule has 1 rings (SSSR count). The second kappa shape index (κ2) is 7.86. The van der Waals surface area contributed by atoms with Crippen molar-refractivity contribution in [3.05, 3.63) is 35.9 Å². The van der Waals surface area contributed by atoms with Crippen molar-refractivity contribution in [2.75, 3.05) is 0 Å². The molecule has 0 atom stereocenters. The minimum absolute atomic E-state index is 0. The molecule has 0 aliphatic heterocycles. The van der Waals surface area contributed by atoms with Gasteiger partial charge in [0.1, 0.15) is 0 Å². The van der Waals surface area contributed by atoms with Gasteiger partial charge in [-0.1, -0.05) is 0 Å². The average molecular weight is 230 g/mol. The zero-order chi connectivity index (χ0) is 5.82. The summed E-state index contributed by atoms with van der Waals surface area (Å²) in [7, 11) is 0. The Morgan fingerprint density at radius 1 is 1.40 bits per heavy atom. The van der Waals surface area contributed by atoms with Gasteiger partial charge in [-0.25, -0.2) is 0 Å². The summed E-state index contributed by atoms with van der Waals surface area (Å²) in [5.41, 5.74) is 1.05. The minimum atomic E-state index is 0. The van der Waals surface area contributed by atoms with Gasteiger partial charge >= 0.3 is 23.1 Å². The van der Waals surface area contributed by atoms with E-state index in [4.69, 9.17) is 11.6 Å². The topological polar surface area (TPSA) is 0 Å². The van der Waals surface area contributed by atoms with Crippen LogP contribution in [0.15, 0.2) is 24.3 Å². The maximum absolute atomic E-state index is 5.50. The monoisotopic (exact) mass is 228 g/mol. The second-order valence-corrected chi connectivity index (χ2v) is 1.79. The van der Waals surface area contributed by atoms with Crippen molar-refractivity contribution in [1.29, 1.82) is 0 Å². The Morgan fingerprint density at radius 3 is 2.40 bits per heavy atom. The summed E-state index contributed by atoms with van der Waals surface area (Å²) in [5, 5.41) is 0. The van der Waals surface area contributed by atoms with Gasteiger partial charge in [0.25, 0.3) is 0 Å². The Labute approximate surface area is 92.9 Å². The maximum atomic E-state index is 5.50. The summed E-state index contributed by atoms with van der Waals surface area (Å²) >= 11 is 5.50. The summed E-state index contributed by atoms with van der Waals surface area (Å²) in [5.74, 6) is 0.556. The number of hydrogen-bond donors (Lipinski definition) is 0. The van der Waals surface area contributed by atoms with E-state index in [0.717, 1.165) is 5.56 Å². The Bertz CT molecular complexity index is 155. The van der Waals surface area contributed by atoms with E-state index < -0.39 is 0 Å². The van der Waals surface area contributed by atoms with Crippen LogP contribution in [-0.4, -0.2) is 23.1 Å². The molecule has 0 bridgehead atoms. The number of benzene rings is 1. The van der Waals surface area contributed by atoms with Gasteiger partial charge in [0.15, 0.2) is 0 Å². The van der Waals surface area contributed by atoms with E-state index in [1.165, 1.54) is 0 Å². The van der Waals surface area contributed by atoms with Crippen LogP contribution in [0.25, 0.3) is 0 Å². The third-order valence-corrected chi connectivity index (χ3v) is 1.21. The van der Waals surface area contributed by atoms with E-state index in [-0.39, 0.29) is 40.0 Å².